The Morgan fingerprint density at radius 2 is 2.00 bits per heavy atom. The lowest BCUT2D eigenvalue weighted by Gasteiger charge is -2.26. The van der Waals surface area contributed by atoms with Crippen molar-refractivity contribution in [3.8, 4) is 0 Å². The molecule has 4 heteroatoms. The molecule has 0 bridgehead atoms. The quantitative estimate of drug-likeness (QED) is 0.723. The zero-order chi connectivity index (χ0) is 9.84. The van der Waals surface area contributed by atoms with E-state index in [0.29, 0.717) is 0 Å². The molecule has 3 nitrogen and oxygen atoms in total. The van der Waals surface area contributed by atoms with Crippen molar-refractivity contribution in [2.24, 2.45) is 0 Å². The molecule has 0 saturated heterocycles. The standard InChI is InChI=1S/C9H16BrNO2/c1-6(10)9(13)11-7-2-4-8(12)5-3-7/h6-8,12H,2-5H2,1H3,(H,11,13). The highest BCUT2D eigenvalue weighted by molar-refractivity contribution is 9.10. The average Bonchev–Trinajstić information content (AvgIpc) is 2.08. The largest absolute Gasteiger partial charge is 0.393 e. The smallest absolute Gasteiger partial charge is 0.233 e. The number of hydrogen-bond acceptors (Lipinski definition) is 2. The molecule has 1 unspecified atom stereocenters. The van der Waals surface area contributed by atoms with Crippen LogP contribution in [0, 0.1) is 0 Å². The highest BCUT2D eigenvalue weighted by atomic mass is 79.9. The number of carbonyl (C=O) groups is 1. The molecule has 1 aliphatic carbocycles. The maximum atomic E-state index is 11.3. The molecule has 0 aromatic rings. The van der Waals surface area contributed by atoms with Crippen LogP contribution >= 0.6 is 15.9 Å². The Balaban J connectivity index is 2.26. The first kappa shape index (κ1) is 11.0. The minimum absolute atomic E-state index is 0.0430. The van der Waals surface area contributed by atoms with Crippen molar-refractivity contribution in [3.05, 3.63) is 0 Å². The number of hydrogen-bond donors (Lipinski definition) is 2. The van der Waals surface area contributed by atoms with Gasteiger partial charge in [0, 0.05) is 6.04 Å². The van der Waals surface area contributed by atoms with Gasteiger partial charge in [0.25, 0.3) is 0 Å². The molecule has 0 heterocycles. The third kappa shape index (κ3) is 3.65. The summed E-state index contributed by atoms with van der Waals surface area (Å²) < 4.78 is 0. The molecule has 1 amide bonds. The van der Waals surface area contributed by atoms with E-state index in [2.05, 4.69) is 21.2 Å². The molecular weight excluding hydrogens is 234 g/mol. The number of alkyl halides is 1. The van der Waals surface area contributed by atoms with Gasteiger partial charge in [-0.15, -0.1) is 0 Å². The van der Waals surface area contributed by atoms with Crippen LogP contribution in [0.4, 0.5) is 0 Å². The zero-order valence-corrected chi connectivity index (χ0v) is 9.38. The molecule has 0 aliphatic heterocycles. The summed E-state index contributed by atoms with van der Waals surface area (Å²) >= 11 is 3.22. The third-order valence-corrected chi connectivity index (χ3v) is 2.82. The fraction of sp³-hybridized carbons (Fsp3) is 0.889. The van der Waals surface area contributed by atoms with E-state index in [4.69, 9.17) is 0 Å². The number of nitrogens with one attached hydrogen (secondary N) is 1. The third-order valence-electron chi connectivity index (χ3n) is 2.40. The summed E-state index contributed by atoms with van der Waals surface area (Å²) in [5, 5.41) is 12.2. The molecule has 2 N–H and O–H groups in total. The topological polar surface area (TPSA) is 49.3 Å². The normalized spacial score (nSPS) is 31.0. The first-order valence-electron chi connectivity index (χ1n) is 4.72. The molecular formula is C9H16BrNO2. The van der Waals surface area contributed by atoms with E-state index in [1.807, 2.05) is 6.92 Å². The highest BCUT2D eigenvalue weighted by Gasteiger charge is 2.21. The maximum Gasteiger partial charge on any atom is 0.233 e. The lowest BCUT2D eigenvalue weighted by molar-refractivity contribution is -0.121. The number of aliphatic hydroxyl groups is 1. The van der Waals surface area contributed by atoms with Gasteiger partial charge in [0.2, 0.25) is 5.91 Å². The van der Waals surface area contributed by atoms with Crippen LogP contribution in [-0.2, 0) is 4.79 Å². The molecule has 1 fully saturated rings. The van der Waals surface area contributed by atoms with E-state index < -0.39 is 0 Å². The monoisotopic (exact) mass is 249 g/mol. The van der Waals surface area contributed by atoms with Gasteiger partial charge in [0.15, 0.2) is 0 Å². The molecule has 1 rings (SSSR count). The van der Waals surface area contributed by atoms with Crippen LogP contribution in [0.5, 0.6) is 0 Å². The summed E-state index contributed by atoms with van der Waals surface area (Å²) in [6.07, 6.45) is 3.25. The molecule has 1 saturated carbocycles. The SMILES string of the molecule is CC(Br)C(=O)NC1CCC(O)CC1. The van der Waals surface area contributed by atoms with Crippen molar-refractivity contribution in [2.75, 3.05) is 0 Å². The van der Waals surface area contributed by atoms with Crippen LogP contribution in [0.1, 0.15) is 32.6 Å². The molecule has 13 heavy (non-hydrogen) atoms. The molecule has 1 aliphatic rings. The summed E-state index contributed by atoms with van der Waals surface area (Å²) in [5.74, 6) is 0.0430. The summed E-state index contributed by atoms with van der Waals surface area (Å²) in [5.41, 5.74) is 0. The van der Waals surface area contributed by atoms with E-state index >= 15 is 0 Å². The minimum atomic E-state index is -0.158. The maximum absolute atomic E-state index is 11.3. The molecule has 76 valence electrons. The number of amides is 1. The van der Waals surface area contributed by atoms with Crippen molar-refractivity contribution < 1.29 is 9.90 Å². The number of aliphatic hydroxyl groups excluding tert-OH is 1. The van der Waals surface area contributed by atoms with Gasteiger partial charge in [-0.1, -0.05) is 15.9 Å². The second-order valence-electron chi connectivity index (χ2n) is 3.63. The Morgan fingerprint density at radius 1 is 1.46 bits per heavy atom. The molecule has 1 atom stereocenters. The van der Waals surface area contributed by atoms with E-state index in [0.717, 1.165) is 25.7 Å². The second-order valence-corrected chi connectivity index (χ2v) is 5.00. The van der Waals surface area contributed by atoms with Crippen molar-refractivity contribution in [2.45, 2.75) is 49.6 Å². The zero-order valence-electron chi connectivity index (χ0n) is 7.79. The van der Waals surface area contributed by atoms with Gasteiger partial charge in [0.1, 0.15) is 0 Å². The van der Waals surface area contributed by atoms with Crippen LogP contribution in [0.3, 0.4) is 0 Å². The van der Waals surface area contributed by atoms with Crippen LogP contribution in [-0.4, -0.2) is 28.0 Å². The minimum Gasteiger partial charge on any atom is -0.393 e. The molecule has 0 aromatic carbocycles. The van der Waals surface area contributed by atoms with Gasteiger partial charge in [-0.2, -0.15) is 0 Å². The van der Waals surface area contributed by atoms with Crippen LogP contribution in [0.2, 0.25) is 0 Å². The molecule has 0 spiro atoms. The van der Waals surface area contributed by atoms with Gasteiger partial charge in [0.05, 0.1) is 10.9 Å². The van der Waals surface area contributed by atoms with E-state index in [-0.39, 0.29) is 22.9 Å². The van der Waals surface area contributed by atoms with E-state index in [1.165, 1.54) is 0 Å². The van der Waals surface area contributed by atoms with Crippen LogP contribution < -0.4 is 5.32 Å². The van der Waals surface area contributed by atoms with Gasteiger partial charge in [-0.05, 0) is 32.6 Å². The lowest BCUT2D eigenvalue weighted by atomic mass is 9.93. The highest BCUT2D eigenvalue weighted by Crippen LogP contribution is 2.18. The lowest BCUT2D eigenvalue weighted by Crippen LogP contribution is -2.41. The summed E-state index contributed by atoms with van der Waals surface area (Å²) in [7, 11) is 0. The summed E-state index contributed by atoms with van der Waals surface area (Å²) in [4.78, 5) is 11.1. The van der Waals surface area contributed by atoms with Gasteiger partial charge >= 0.3 is 0 Å². The summed E-state index contributed by atoms with van der Waals surface area (Å²) in [6, 6.07) is 0.260. The predicted octanol–water partition coefficient (Wildman–Crippen LogP) is 1.19. The fourth-order valence-corrected chi connectivity index (χ4v) is 1.67. The number of rotatable bonds is 2. The predicted molar refractivity (Wildman–Crippen MR) is 54.8 cm³/mol. The second kappa shape index (κ2) is 4.96. The van der Waals surface area contributed by atoms with Crippen molar-refractivity contribution in [3.63, 3.8) is 0 Å². The fourth-order valence-electron chi connectivity index (χ4n) is 1.54. The van der Waals surface area contributed by atoms with Crippen LogP contribution in [0.25, 0.3) is 0 Å². The van der Waals surface area contributed by atoms with Crippen LogP contribution in [0.15, 0.2) is 0 Å². The Morgan fingerprint density at radius 3 is 2.46 bits per heavy atom. The van der Waals surface area contributed by atoms with Gasteiger partial charge in [-0.25, -0.2) is 0 Å². The first-order chi connectivity index (χ1) is 6.09. The molecule has 0 radical (unpaired) electrons. The Bertz CT molecular complexity index is 176. The van der Waals surface area contributed by atoms with E-state index in [1.54, 1.807) is 0 Å². The summed E-state index contributed by atoms with van der Waals surface area (Å²) in [6.45, 7) is 1.81. The van der Waals surface area contributed by atoms with Crippen molar-refractivity contribution in [1.82, 2.24) is 5.32 Å². The first-order valence-corrected chi connectivity index (χ1v) is 5.63. The van der Waals surface area contributed by atoms with Crippen molar-refractivity contribution in [1.29, 1.82) is 0 Å². The Hall–Kier alpha value is -0.0900. The van der Waals surface area contributed by atoms with E-state index in [9.17, 15) is 9.90 Å². The number of halogens is 1. The Labute approximate surface area is 87.0 Å². The molecule has 0 aromatic heterocycles. The van der Waals surface area contributed by atoms with Gasteiger partial charge in [-0.3, -0.25) is 4.79 Å². The van der Waals surface area contributed by atoms with Gasteiger partial charge < -0.3 is 10.4 Å². The number of carbonyl (C=O) groups excluding carboxylic acids is 1. The average molecular weight is 250 g/mol. The van der Waals surface area contributed by atoms with Crippen molar-refractivity contribution >= 4 is 21.8 Å². The Kier molecular flexibility index (Phi) is 4.19.